The number of alkyl carbamates (subject to hydrolysis) is 1. The molecule has 0 aliphatic rings. The maximum absolute atomic E-state index is 12.3. The van der Waals surface area contributed by atoms with Gasteiger partial charge in [0.25, 0.3) is 0 Å². The summed E-state index contributed by atoms with van der Waals surface area (Å²) >= 11 is 0. The molecule has 0 saturated heterocycles. The van der Waals surface area contributed by atoms with Crippen molar-refractivity contribution in [1.29, 1.82) is 0 Å². The van der Waals surface area contributed by atoms with Gasteiger partial charge in [-0.15, -0.1) is 0 Å². The Kier molecular flexibility index (Phi) is 6.40. The lowest BCUT2D eigenvalue weighted by Crippen LogP contribution is -2.50. The highest BCUT2D eigenvalue weighted by Crippen LogP contribution is 2.08. The summed E-state index contributed by atoms with van der Waals surface area (Å²) in [7, 11) is 0. The summed E-state index contributed by atoms with van der Waals surface area (Å²) in [4.78, 5) is 24.2. The molecule has 0 saturated carbocycles. The van der Waals surface area contributed by atoms with Gasteiger partial charge in [-0.05, 0) is 40.2 Å². The molecule has 2 amide bonds. The van der Waals surface area contributed by atoms with Gasteiger partial charge in [0.2, 0.25) is 5.91 Å². The summed E-state index contributed by atoms with van der Waals surface area (Å²) in [5.74, 6) is -0.218. The van der Waals surface area contributed by atoms with Gasteiger partial charge in [-0.2, -0.15) is 0 Å². The molecule has 0 spiro atoms. The number of carbonyl (C=O) groups excluding carboxylic acids is 2. The van der Waals surface area contributed by atoms with Crippen molar-refractivity contribution in [2.45, 2.75) is 58.7 Å². The zero-order valence-corrected chi connectivity index (χ0v) is 14.0. The summed E-state index contributed by atoms with van der Waals surface area (Å²) in [5, 5.41) is 5.48. The molecule has 122 valence electrons. The van der Waals surface area contributed by atoms with Gasteiger partial charge in [0, 0.05) is 12.5 Å². The zero-order valence-electron chi connectivity index (χ0n) is 14.0. The predicted molar refractivity (Wildman–Crippen MR) is 86.6 cm³/mol. The van der Waals surface area contributed by atoms with E-state index >= 15 is 0 Å². The third-order valence-electron chi connectivity index (χ3n) is 2.72. The summed E-state index contributed by atoms with van der Waals surface area (Å²) in [6.45, 7) is 9.11. The van der Waals surface area contributed by atoms with E-state index in [1.165, 1.54) is 0 Å². The Balaban J connectivity index is 2.78. The van der Waals surface area contributed by atoms with Crippen molar-refractivity contribution in [3.63, 3.8) is 0 Å². The Morgan fingerprint density at radius 3 is 2.18 bits per heavy atom. The van der Waals surface area contributed by atoms with Crippen molar-refractivity contribution >= 4 is 12.0 Å². The van der Waals surface area contributed by atoms with Gasteiger partial charge in [0.15, 0.2) is 0 Å². The molecule has 0 fully saturated rings. The van der Waals surface area contributed by atoms with Gasteiger partial charge >= 0.3 is 6.09 Å². The SMILES string of the molecule is CC(C)NC(=O)[C@H](Cc1ccccc1)NC(=O)OC(C)(C)C. The lowest BCUT2D eigenvalue weighted by molar-refractivity contribution is -0.123. The van der Waals surface area contributed by atoms with E-state index in [2.05, 4.69) is 10.6 Å². The average Bonchev–Trinajstić information content (AvgIpc) is 2.36. The quantitative estimate of drug-likeness (QED) is 0.879. The third-order valence-corrected chi connectivity index (χ3v) is 2.72. The van der Waals surface area contributed by atoms with Gasteiger partial charge in [-0.25, -0.2) is 4.79 Å². The fourth-order valence-corrected chi connectivity index (χ4v) is 1.89. The number of carbonyl (C=O) groups is 2. The molecule has 1 rings (SSSR count). The lowest BCUT2D eigenvalue weighted by atomic mass is 10.1. The smallest absolute Gasteiger partial charge is 0.408 e. The second-order valence-electron chi connectivity index (χ2n) is 6.55. The van der Waals surface area contributed by atoms with Crippen LogP contribution in [0.3, 0.4) is 0 Å². The molecule has 0 unspecified atom stereocenters. The molecule has 0 heterocycles. The highest BCUT2D eigenvalue weighted by Gasteiger charge is 2.24. The molecule has 5 nitrogen and oxygen atoms in total. The zero-order chi connectivity index (χ0) is 16.8. The van der Waals surface area contributed by atoms with Crippen LogP contribution in [0.25, 0.3) is 0 Å². The van der Waals surface area contributed by atoms with Gasteiger partial charge < -0.3 is 15.4 Å². The molecule has 0 bridgehead atoms. The van der Waals surface area contributed by atoms with Gasteiger partial charge in [0.1, 0.15) is 11.6 Å². The van der Waals surface area contributed by atoms with Crippen molar-refractivity contribution in [2.24, 2.45) is 0 Å². The van der Waals surface area contributed by atoms with E-state index in [0.29, 0.717) is 6.42 Å². The molecule has 2 N–H and O–H groups in total. The molecule has 1 aromatic rings. The Hall–Kier alpha value is -2.04. The monoisotopic (exact) mass is 306 g/mol. The molecule has 0 aliphatic heterocycles. The second-order valence-corrected chi connectivity index (χ2v) is 6.55. The fraction of sp³-hybridized carbons (Fsp3) is 0.529. The van der Waals surface area contributed by atoms with Crippen LogP contribution in [0.5, 0.6) is 0 Å². The molecular formula is C17H26N2O3. The van der Waals surface area contributed by atoms with E-state index in [-0.39, 0.29) is 11.9 Å². The van der Waals surface area contributed by atoms with Crippen LogP contribution in [0.1, 0.15) is 40.2 Å². The van der Waals surface area contributed by atoms with E-state index in [0.717, 1.165) is 5.56 Å². The number of rotatable bonds is 5. The van der Waals surface area contributed by atoms with Crippen molar-refractivity contribution in [2.75, 3.05) is 0 Å². The Bertz CT molecular complexity index is 492. The topological polar surface area (TPSA) is 67.4 Å². The largest absolute Gasteiger partial charge is 0.444 e. The average molecular weight is 306 g/mol. The highest BCUT2D eigenvalue weighted by atomic mass is 16.6. The molecular weight excluding hydrogens is 280 g/mol. The summed E-state index contributed by atoms with van der Waals surface area (Å²) in [6.07, 6.45) is -0.175. The van der Waals surface area contributed by atoms with Crippen molar-refractivity contribution < 1.29 is 14.3 Å². The number of benzene rings is 1. The first kappa shape index (κ1) is 18.0. The van der Waals surface area contributed by atoms with Gasteiger partial charge in [0.05, 0.1) is 0 Å². The second kappa shape index (κ2) is 7.82. The van der Waals surface area contributed by atoms with Crippen LogP contribution in [-0.4, -0.2) is 29.7 Å². The van der Waals surface area contributed by atoms with Gasteiger partial charge in [-0.1, -0.05) is 30.3 Å². The van der Waals surface area contributed by atoms with Crippen LogP contribution in [0.4, 0.5) is 4.79 Å². The lowest BCUT2D eigenvalue weighted by Gasteiger charge is -2.24. The number of amides is 2. The number of hydrogen-bond acceptors (Lipinski definition) is 3. The maximum Gasteiger partial charge on any atom is 0.408 e. The minimum Gasteiger partial charge on any atom is -0.444 e. The minimum absolute atomic E-state index is 0.00575. The van der Waals surface area contributed by atoms with Crippen LogP contribution < -0.4 is 10.6 Å². The van der Waals surface area contributed by atoms with Crippen molar-refractivity contribution in [3.05, 3.63) is 35.9 Å². The first-order valence-corrected chi connectivity index (χ1v) is 7.51. The van der Waals surface area contributed by atoms with Crippen molar-refractivity contribution in [1.82, 2.24) is 10.6 Å². The van der Waals surface area contributed by atoms with E-state index in [4.69, 9.17) is 4.74 Å². The molecule has 0 aliphatic carbocycles. The molecule has 22 heavy (non-hydrogen) atoms. The van der Waals surface area contributed by atoms with E-state index in [1.54, 1.807) is 20.8 Å². The molecule has 1 atom stereocenters. The van der Waals surface area contributed by atoms with E-state index in [9.17, 15) is 9.59 Å². The number of nitrogens with one attached hydrogen (secondary N) is 2. The molecule has 1 aromatic carbocycles. The minimum atomic E-state index is -0.667. The normalized spacial score (nSPS) is 12.6. The third kappa shape index (κ3) is 7.11. The van der Waals surface area contributed by atoms with Crippen LogP contribution >= 0.6 is 0 Å². The number of hydrogen-bond donors (Lipinski definition) is 2. The Morgan fingerprint density at radius 2 is 1.68 bits per heavy atom. The van der Waals surface area contributed by atoms with E-state index < -0.39 is 17.7 Å². The summed E-state index contributed by atoms with van der Waals surface area (Å²) in [6, 6.07) is 8.90. The molecule has 0 radical (unpaired) electrons. The first-order valence-electron chi connectivity index (χ1n) is 7.51. The summed E-state index contributed by atoms with van der Waals surface area (Å²) in [5.41, 5.74) is 0.373. The van der Waals surface area contributed by atoms with Crippen LogP contribution in [-0.2, 0) is 16.0 Å². The maximum atomic E-state index is 12.3. The van der Waals surface area contributed by atoms with Crippen molar-refractivity contribution in [3.8, 4) is 0 Å². The van der Waals surface area contributed by atoms with E-state index in [1.807, 2.05) is 44.2 Å². The predicted octanol–water partition coefficient (Wildman–Crippen LogP) is 2.65. The van der Waals surface area contributed by atoms with Crippen LogP contribution in [0, 0.1) is 0 Å². The molecule has 5 heteroatoms. The summed E-state index contributed by atoms with van der Waals surface area (Å²) < 4.78 is 5.23. The standard InChI is InChI=1S/C17H26N2O3/c1-12(2)18-15(20)14(11-13-9-7-6-8-10-13)19-16(21)22-17(3,4)5/h6-10,12,14H,11H2,1-5H3,(H,18,20)(H,19,21)/t14-/m0/s1. The number of ether oxygens (including phenoxy) is 1. The van der Waals surface area contributed by atoms with Crippen LogP contribution in [0.15, 0.2) is 30.3 Å². The Morgan fingerprint density at radius 1 is 1.09 bits per heavy atom. The first-order chi connectivity index (χ1) is 10.2. The Labute approximate surface area is 132 Å². The van der Waals surface area contributed by atoms with Crippen LogP contribution in [0.2, 0.25) is 0 Å². The molecule has 0 aromatic heterocycles. The fourth-order valence-electron chi connectivity index (χ4n) is 1.89. The van der Waals surface area contributed by atoms with Gasteiger partial charge in [-0.3, -0.25) is 4.79 Å². The highest BCUT2D eigenvalue weighted by molar-refractivity contribution is 5.86.